The van der Waals surface area contributed by atoms with Crippen molar-refractivity contribution in [2.24, 2.45) is 0 Å². The number of amides is 1. The summed E-state index contributed by atoms with van der Waals surface area (Å²) in [6.45, 7) is 0.204. The smallest absolute Gasteiger partial charge is 0.303 e. The average Bonchev–Trinajstić information content (AvgIpc) is 2.82. The van der Waals surface area contributed by atoms with E-state index in [4.69, 9.17) is 17.3 Å². The predicted octanol–water partition coefficient (Wildman–Crippen LogP) is 2.73. The van der Waals surface area contributed by atoms with Crippen molar-refractivity contribution in [1.29, 1.82) is 0 Å². The van der Waals surface area contributed by atoms with Crippen LogP contribution in [0.2, 0.25) is 0 Å². The molecular weight excluding hydrogens is 378 g/mol. The van der Waals surface area contributed by atoms with Crippen LogP contribution in [0.1, 0.15) is 18.4 Å². The van der Waals surface area contributed by atoms with Crippen LogP contribution in [0.5, 0.6) is 0 Å². The fourth-order valence-electron chi connectivity index (χ4n) is 2.31. The highest BCUT2D eigenvalue weighted by atomic mass is 32.2. The molecule has 0 unspecified atom stereocenters. The second-order valence-electron chi connectivity index (χ2n) is 5.73. The Labute approximate surface area is 159 Å². The molecule has 1 aromatic carbocycles. The lowest BCUT2D eigenvalue weighted by Crippen LogP contribution is -2.29. The second-order valence-corrected chi connectivity index (χ2v) is 7.40. The minimum atomic E-state index is -0.942. The van der Waals surface area contributed by atoms with Crippen LogP contribution in [-0.2, 0) is 9.59 Å². The molecule has 1 saturated heterocycles. The van der Waals surface area contributed by atoms with Crippen molar-refractivity contribution in [3.63, 3.8) is 0 Å². The van der Waals surface area contributed by atoms with E-state index in [9.17, 15) is 19.7 Å². The van der Waals surface area contributed by atoms with E-state index in [1.165, 1.54) is 17.0 Å². The molecule has 0 spiro atoms. The highest BCUT2D eigenvalue weighted by Crippen LogP contribution is 2.35. The van der Waals surface area contributed by atoms with E-state index in [-0.39, 0.29) is 35.9 Å². The molecule has 138 valence electrons. The van der Waals surface area contributed by atoms with Crippen molar-refractivity contribution in [3.8, 4) is 0 Å². The Morgan fingerprint density at radius 2 is 2.15 bits per heavy atom. The van der Waals surface area contributed by atoms with Crippen LogP contribution in [-0.4, -0.2) is 51.8 Å². The highest BCUT2D eigenvalue weighted by Gasteiger charge is 2.32. The van der Waals surface area contributed by atoms with Gasteiger partial charge in [-0.15, -0.1) is 0 Å². The Morgan fingerprint density at radius 3 is 2.73 bits per heavy atom. The van der Waals surface area contributed by atoms with Crippen molar-refractivity contribution in [1.82, 2.24) is 4.90 Å². The number of hydrogen-bond donors (Lipinski definition) is 1. The molecule has 0 saturated carbocycles. The number of nitrogens with zero attached hydrogens (tertiary/aromatic N) is 3. The summed E-state index contributed by atoms with van der Waals surface area (Å²) in [4.78, 5) is 37.3. The number of carbonyl (C=O) groups is 2. The third-order valence-electron chi connectivity index (χ3n) is 3.66. The van der Waals surface area contributed by atoms with Gasteiger partial charge in [-0.2, -0.15) is 0 Å². The fourth-order valence-corrected chi connectivity index (χ4v) is 3.61. The summed E-state index contributed by atoms with van der Waals surface area (Å²) >= 11 is 6.22. The molecule has 1 amide bonds. The first kappa shape index (κ1) is 19.9. The maximum atomic E-state index is 12.5. The molecule has 0 radical (unpaired) electrons. The largest absolute Gasteiger partial charge is 0.481 e. The number of thioether (sulfide) groups is 1. The minimum absolute atomic E-state index is 0.0619. The number of thiocarbonyl (C=S) groups is 1. The first-order chi connectivity index (χ1) is 12.2. The maximum Gasteiger partial charge on any atom is 0.303 e. The molecule has 1 aliphatic heterocycles. The van der Waals surface area contributed by atoms with Gasteiger partial charge in [0.25, 0.3) is 11.6 Å². The molecule has 1 aromatic rings. The summed E-state index contributed by atoms with van der Waals surface area (Å²) < 4.78 is 0.319. The van der Waals surface area contributed by atoms with Crippen LogP contribution < -0.4 is 4.90 Å². The topological polar surface area (TPSA) is 104 Å². The van der Waals surface area contributed by atoms with Crippen LogP contribution in [0.3, 0.4) is 0 Å². The van der Waals surface area contributed by atoms with Crippen molar-refractivity contribution < 1.29 is 19.6 Å². The third kappa shape index (κ3) is 4.58. The number of anilines is 1. The zero-order valence-electron chi connectivity index (χ0n) is 14.2. The summed E-state index contributed by atoms with van der Waals surface area (Å²) in [6.07, 6.45) is 1.67. The van der Waals surface area contributed by atoms with Gasteiger partial charge >= 0.3 is 5.97 Å². The number of aliphatic carboxylic acids is 1. The van der Waals surface area contributed by atoms with Crippen LogP contribution in [0.4, 0.5) is 11.4 Å². The number of carboxylic acids is 1. The van der Waals surface area contributed by atoms with Crippen LogP contribution in [0, 0.1) is 10.1 Å². The van der Waals surface area contributed by atoms with E-state index in [0.717, 1.165) is 11.8 Å². The number of nitro groups is 1. The van der Waals surface area contributed by atoms with Gasteiger partial charge in [-0.3, -0.25) is 24.6 Å². The Kier molecular flexibility index (Phi) is 6.32. The van der Waals surface area contributed by atoms with Crippen molar-refractivity contribution in [2.75, 3.05) is 25.5 Å². The zero-order valence-corrected chi connectivity index (χ0v) is 15.8. The number of rotatable bonds is 7. The van der Waals surface area contributed by atoms with Gasteiger partial charge < -0.3 is 10.0 Å². The monoisotopic (exact) mass is 395 g/mol. The molecular formula is C16H17N3O5S2. The van der Waals surface area contributed by atoms with E-state index in [1.807, 2.05) is 0 Å². The number of benzene rings is 1. The molecule has 26 heavy (non-hydrogen) atoms. The maximum absolute atomic E-state index is 12.5. The Hall–Kier alpha value is -2.46. The average molecular weight is 395 g/mol. The summed E-state index contributed by atoms with van der Waals surface area (Å²) in [5.41, 5.74) is 0.883. The predicted molar refractivity (Wildman–Crippen MR) is 104 cm³/mol. The summed E-state index contributed by atoms with van der Waals surface area (Å²) in [7, 11) is 3.56. The molecule has 0 bridgehead atoms. The summed E-state index contributed by atoms with van der Waals surface area (Å²) in [6, 6.07) is 4.76. The Balaban J connectivity index is 2.27. The summed E-state index contributed by atoms with van der Waals surface area (Å²) in [5.74, 6) is -1.31. The van der Waals surface area contributed by atoms with Crippen molar-refractivity contribution >= 4 is 57.6 Å². The molecule has 1 aliphatic rings. The Morgan fingerprint density at radius 1 is 1.46 bits per heavy atom. The van der Waals surface area contributed by atoms with E-state index < -0.39 is 10.9 Å². The van der Waals surface area contributed by atoms with Gasteiger partial charge in [0.2, 0.25) is 0 Å². The Bertz CT molecular complexity index is 807. The van der Waals surface area contributed by atoms with Gasteiger partial charge in [0.1, 0.15) is 4.32 Å². The van der Waals surface area contributed by atoms with Gasteiger partial charge in [-0.25, -0.2) is 0 Å². The molecule has 10 heteroatoms. The van der Waals surface area contributed by atoms with Crippen LogP contribution >= 0.6 is 24.0 Å². The molecule has 1 N–H and O–H groups in total. The quantitative estimate of drug-likeness (QED) is 0.325. The van der Waals surface area contributed by atoms with Gasteiger partial charge in [0.15, 0.2) is 0 Å². The lowest BCUT2D eigenvalue weighted by molar-refractivity contribution is -0.385. The number of hydrogen-bond acceptors (Lipinski definition) is 7. The van der Waals surface area contributed by atoms with Gasteiger partial charge in [0, 0.05) is 38.8 Å². The lowest BCUT2D eigenvalue weighted by Gasteiger charge is -2.13. The SMILES string of the molecule is CN(C)c1ccc(/C=C2\SC(=S)N(CCCC(=O)O)C2=O)c([N+](=O)[O-])c1. The lowest BCUT2D eigenvalue weighted by atomic mass is 10.1. The molecule has 2 rings (SSSR count). The molecule has 0 aromatic heterocycles. The van der Waals surface area contributed by atoms with E-state index in [2.05, 4.69) is 0 Å². The van der Waals surface area contributed by atoms with E-state index >= 15 is 0 Å². The first-order valence-electron chi connectivity index (χ1n) is 7.63. The minimum Gasteiger partial charge on any atom is -0.481 e. The fraction of sp³-hybridized carbons (Fsp3) is 0.312. The second kappa shape index (κ2) is 8.28. The molecule has 1 heterocycles. The van der Waals surface area contributed by atoms with Gasteiger partial charge in [-0.05, 0) is 24.6 Å². The molecule has 8 nitrogen and oxygen atoms in total. The first-order valence-corrected chi connectivity index (χ1v) is 8.86. The van der Waals surface area contributed by atoms with Gasteiger partial charge in [-0.1, -0.05) is 24.0 Å². The van der Waals surface area contributed by atoms with Crippen LogP contribution in [0.15, 0.2) is 23.1 Å². The standard InChI is InChI=1S/C16H17N3O5S2/c1-17(2)11-6-5-10(12(9-11)19(23)24)8-13-15(22)18(16(25)26-13)7-3-4-14(20)21/h5-6,8-9H,3-4,7H2,1-2H3,(H,20,21)/b13-8-. The molecule has 0 aliphatic carbocycles. The normalized spacial score (nSPS) is 15.6. The molecule has 0 atom stereocenters. The number of carbonyl (C=O) groups excluding carboxylic acids is 1. The molecule has 1 fully saturated rings. The van der Waals surface area contributed by atoms with E-state index in [0.29, 0.717) is 15.6 Å². The van der Waals surface area contributed by atoms with E-state index in [1.54, 1.807) is 31.1 Å². The highest BCUT2D eigenvalue weighted by molar-refractivity contribution is 8.26. The van der Waals surface area contributed by atoms with Crippen LogP contribution in [0.25, 0.3) is 6.08 Å². The van der Waals surface area contributed by atoms with Crippen molar-refractivity contribution in [2.45, 2.75) is 12.8 Å². The van der Waals surface area contributed by atoms with Crippen molar-refractivity contribution in [3.05, 3.63) is 38.8 Å². The number of carboxylic acid groups (broad SMARTS) is 1. The number of nitro benzene ring substituents is 1. The van der Waals surface area contributed by atoms with Gasteiger partial charge in [0.05, 0.1) is 15.4 Å². The zero-order chi connectivity index (χ0) is 19.4. The third-order valence-corrected chi connectivity index (χ3v) is 5.04. The summed E-state index contributed by atoms with van der Waals surface area (Å²) in [5, 5.41) is 20.0.